The largest absolute Gasteiger partial charge is 0.396 e. The number of nitrogens with zero attached hydrogens (tertiary/aromatic N) is 1. The highest BCUT2D eigenvalue weighted by molar-refractivity contribution is 6.14. The summed E-state index contributed by atoms with van der Waals surface area (Å²) in [6.07, 6.45) is 1.22. The van der Waals surface area contributed by atoms with Gasteiger partial charge in [-0.15, -0.1) is 0 Å². The van der Waals surface area contributed by atoms with Crippen LogP contribution in [0.25, 0.3) is 0 Å². The summed E-state index contributed by atoms with van der Waals surface area (Å²) < 4.78 is 22.5. The van der Waals surface area contributed by atoms with E-state index in [0.29, 0.717) is 0 Å². The van der Waals surface area contributed by atoms with Crippen LogP contribution in [0.2, 0.25) is 0 Å². The van der Waals surface area contributed by atoms with Gasteiger partial charge in [0.1, 0.15) is 0 Å². The minimum Gasteiger partial charge on any atom is -0.396 e. The van der Waals surface area contributed by atoms with E-state index in [4.69, 9.17) is 15.6 Å². The summed E-state index contributed by atoms with van der Waals surface area (Å²) in [6.45, 7) is -2.44. The molecule has 0 fully saturated rings. The molecular formula is C14H13N3O2. The van der Waals surface area contributed by atoms with Gasteiger partial charge in [-0.2, -0.15) is 0 Å². The molecule has 5 nitrogen and oxygen atoms in total. The van der Waals surface area contributed by atoms with E-state index in [2.05, 4.69) is 4.98 Å². The third-order valence-electron chi connectivity index (χ3n) is 2.64. The Balaban J connectivity index is 2.60. The molecule has 0 atom stereocenters. The minimum atomic E-state index is -2.44. The third kappa shape index (κ3) is 2.30. The number of hydrogen-bond acceptors (Lipinski definition) is 4. The van der Waals surface area contributed by atoms with Crippen LogP contribution in [0.3, 0.4) is 0 Å². The summed E-state index contributed by atoms with van der Waals surface area (Å²) in [5, 5.41) is 0. The lowest BCUT2D eigenvalue weighted by molar-refractivity contribution is 0.0996. The molecule has 19 heavy (non-hydrogen) atoms. The van der Waals surface area contributed by atoms with Gasteiger partial charge >= 0.3 is 0 Å². The Morgan fingerprint density at radius 3 is 2.63 bits per heavy atom. The Hall–Kier alpha value is -2.69. The lowest BCUT2D eigenvalue weighted by atomic mass is 9.98. The highest BCUT2D eigenvalue weighted by atomic mass is 16.1. The van der Waals surface area contributed by atoms with E-state index in [1.54, 1.807) is 6.07 Å². The molecule has 0 saturated carbocycles. The van der Waals surface area contributed by atoms with Crippen molar-refractivity contribution in [1.82, 2.24) is 4.98 Å². The standard InChI is InChI=1S/C14H13N3O2/c1-8-4-2-3-5-9(8)13(18)10-6-7-17-12(11(10)15)14(16)19/h2-7H,15H2,1H3,(H2,16,19)/i1D3. The molecule has 2 rings (SSSR count). The molecule has 0 aliphatic heterocycles. The molecule has 0 radical (unpaired) electrons. The van der Waals surface area contributed by atoms with Crippen molar-refractivity contribution in [3.05, 3.63) is 58.9 Å². The van der Waals surface area contributed by atoms with Gasteiger partial charge in [0.25, 0.3) is 5.91 Å². The Morgan fingerprint density at radius 2 is 1.95 bits per heavy atom. The van der Waals surface area contributed by atoms with Gasteiger partial charge in [-0.3, -0.25) is 9.59 Å². The maximum absolute atomic E-state index is 12.6. The SMILES string of the molecule is [2H]C([2H])([2H])c1ccccc1C(=O)c1ccnc(C(N)=O)c1N. The normalized spacial score (nSPS) is 13.2. The van der Waals surface area contributed by atoms with Crippen molar-refractivity contribution >= 4 is 17.4 Å². The van der Waals surface area contributed by atoms with Crippen molar-refractivity contribution in [2.75, 3.05) is 5.73 Å². The number of primary amides is 1. The van der Waals surface area contributed by atoms with E-state index in [9.17, 15) is 9.59 Å². The van der Waals surface area contributed by atoms with E-state index in [1.807, 2.05) is 0 Å². The monoisotopic (exact) mass is 258 g/mol. The van der Waals surface area contributed by atoms with Crippen molar-refractivity contribution in [1.29, 1.82) is 0 Å². The van der Waals surface area contributed by atoms with Crippen molar-refractivity contribution in [3.63, 3.8) is 0 Å². The highest BCUT2D eigenvalue weighted by Crippen LogP contribution is 2.20. The number of aryl methyl sites for hydroxylation is 1. The smallest absolute Gasteiger partial charge is 0.269 e. The first-order valence-electron chi connectivity index (χ1n) is 6.92. The summed E-state index contributed by atoms with van der Waals surface area (Å²) in [5.41, 5.74) is 10.4. The average molecular weight is 258 g/mol. The van der Waals surface area contributed by atoms with Crippen LogP contribution >= 0.6 is 0 Å². The van der Waals surface area contributed by atoms with Crippen molar-refractivity contribution in [2.24, 2.45) is 5.73 Å². The number of carbonyl (C=O) groups excluding carboxylic acids is 2. The van der Waals surface area contributed by atoms with Crippen LogP contribution in [-0.4, -0.2) is 16.7 Å². The van der Waals surface area contributed by atoms with Crippen molar-refractivity contribution in [2.45, 2.75) is 6.85 Å². The zero-order valence-corrected chi connectivity index (χ0v) is 9.88. The van der Waals surface area contributed by atoms with Crippen LogP contribution in [0.1, 0.15) is 36.1 Å². The molecule has 1 aromatic heterocycles. The number of benzene rings is 1. The number of ketones is 1. The fourth-order valence-corrected chi connectivity index (χ4v) is 1.69. The van der Waals surface area contributed by atoms with Crippen LogP contribution in [0.15, 0.2) is 36.5 Å². The van der Waals surface area contributed by atoms with Gasteiger partial charge in [0.2, 0.25) is 0 Å². The van der Waals surface area contributed by atoms with E-state index in [-0.39, 0.29) is 28.1 Å². The summed E-state index contributed by atoms with van der Waals surface area (Å²) in [7, 11) is 0. The minimum absolute atomic E-state index is 0.00387. The number of nitrogens with two attached hydrogens (primary N) is 2. The molecule has 0 spiro atoms. The Bertz CT molecular complexity index is 757. The van der Waals surface area contributed by atoms with Crippen molar-refractivity contribution < 1.29 is 13.7 Å². The van der Waals surface area contributed by atoms with Crippen LogP contribution in [0.5, 0.6) is 0 Å². The maximum atomic E-state index is 12.6. The molecule has 0 aliphatic rings. The molecule has 1 amide bonds. The topological polar surface area (TPSA) is 99.1 Å². The first-order valence-corrected chi connectivity index (χ1v) is 5.42. The second-order valence-corrected chi connectivity index (χ2v) is 3.86. The average Bonchev–Trinajstić information content (AvgIpc) is 2.45. The van der Waals surface area contributed by atoms with Crippen molar-refractivity contribution in [3.8, 4) is 0 Å². The van der Waals surface area contributed by atoms with Gasteiger partial charge in [0.05, 0.1) is 5.69 Å². The number of aromatic nitrogens is 1. The Kier molecular flexibility index (Phi) is 2.39. The fourth-order valence-electron chi connectivity index (χ4n) is 1.69. The van der Waals surface area contributed by atoms with Gasteiger partial charge in [-0.25, -0.2) is 4.98 Å². The van der Waals surface area contributed by atoms with E-state index < -0.39 is 18.5 Å². The third-order valence-corrected chi connectivity index (χ3v) is 2.64. The molecule has 1 heterocycles. The lowest BCUT2D eigenvalue weighted by Crippen LogP contribution is -2.18. The summed E-state index contributed by atoms with van der Waals surface area (Å²) in [5.74, 6) is -1.47. The van der Waals surface area contributed by atoms with E-state index in [0.717, 1.165) is 0 Å². The zero-order valence-electron chi connectivity index (χ0n) is 12.9. The van der Waals surface area contributed by atoms with Crippen LogP contribution in [0, 0.1) is 6.85 Å². The molecular weight excluding hydrogens is 242 g/mol. The summed E-state index contributed by atoms with van der Waals surface area (Å²) in [6, 6.07) is 7.15. The number of anilines is 1. The first-order chi connectivity index (χ1) is 10.2. The zero-order chi connectivity index (χ0) is 16.5. The van der Waals surface area contributed by atoms with Gasteiger partial charge in [-0.05, 0) is 18.5 Å². The quantitative estimate of drug-likeness (QED) is 0.810. The second-order valence-electron chi connectivity index (χ2n) is 3.86. The molecule has 1 aromatic carbocycles. The molecule has 0 saturated heterocycles. The van der Waals surface area contributed by atoms with E-state index in [1.165, 1.54) is 30.5 Å². The molecule has 96 valence electrons. The predicted molar refractivity (Wildman–Crippen MR) is 71.8 cm³/mol. The Morgan fingerprint density at radius 1 is 1.21 bits per heavy atom. The van der Waals surface area contributed by atoms with Gasteiger partial charge in [-0.1, -0.05) is 24.3 Å². The molecule has 0 aliphatic carbocycles. The predicted octanol–water partition coefficient (Wildman–Crippen LogP) is 1.30. The van der Waals surface area contributed by atoms with Gasteiger partial charge in [0.15, 0.2) is 11.5 Å². The molecule has 5 heteroatoms. The van der Waals surface area contributed by atoms with Gasteiger partial charge in [0, 0.05) is 21.4 Å². The fraction of sp³-hybridized carbons (Fsp3) is 0.0714. The second kappa shape index (κ2) is 4.89. The number of hydrogen-bond donors (Lipinski definition) is 2. The molecule has 4 N–H and O–H groups in total. The van der Waals surface area contributed by atoms with Crippen LogP contribution in [0.4, 0.5) is 5.69 Å². The first kappa shape index (κ1) is 9.27. The number of pyridine rings is 1. The number of amides is 1. The summed E-state index contributed by atoms with van der Waals surface area (Å²) in [4.78, 5) is 27.6. The number of rotatable bonds is 3. The van der Waals surface area contributed by atoms with Crippen LogP contribution in [-0.2, 0) is 0 Å². The lowest BCUT2D eigenvalue weighted by Gasteiger charge is -2.09. The maximum Gasteiger partial charge on any atom is 0.269 e. The molecule has 0 unspecified atom stereocenters. The van der Waals surface area contributed by atoms with Gasteiger partial charge < -0.3 is 11.5 Å². The number of nitrogen functional groups attached to an aromatic ring is 1. The van der Waals surface area contributed by atoms with Crippen LogP contribution < -0.4 is 11.5 Å². The van der Waals surface area contributed by atoms with E-state index >= 15 is 0 Å². The molecule has 2 aromatic rings. The Labute approximate surface area is 114 Å². The highest BCUT2D eigenvalue weighted by Gasteiger charge is 2.18. The summed E-state index contributed by atoms with van der Waals surface area (Å²) >= 11 is 0. The number of carbonyl (C=O) groups is 2. The molecule has 0 bridgehead atoms.